The van der Waals surface area contributed by atoms with Crippen molar-refractivity contribution in [3.8, 4) is 0 Å². The Hall–Kier alpha value is -0.243. The standard InChI is InChI=1S/C7H15OSi/c1-6(2)7(3)8-9(4)5/h6H,3H2,1-2,4-5H3. The molecule has 0 saturated carbocycles. The highest BCUT2D eigenvalue weighted by molar-refractivity contribution is 6.48. The smallest absolute Gasteiger partial charge is 0.273 e. The second-order valence-electron chi connectivity index (χ2n) is 2.63. The normalized spacial score (nSPS) is 10.4. The van der Waals surface area contributed by atoms with E-state index in [4.69, 9.17) is 4.43 Å². The van der Waals surface area contributed by atoms with Gasteiger partial charge in [-0.15, -0.1) is 0 Å². The second kappa shape index (κ2) is 3.72. The average Bonchev–Trinajstić information content (AvgIpc) is 1.63. The lowest BCUT2D eigenvalue weighted by Crippen LogP contribution is -2.09. The van der Waals surface area contributed by atoms with Crippen LogP contribution < -0.4 is 0 Å². The Morgan fingerprint density at radius 1 is 1.44 bits per heavy atom. The van der Waals surface area contributed by atoms with Crippen molar-refractivity contribution in [2.45, 2.75) is 26.9 Å². The highest BCUT2D eigenvalue weighted by Gasteiger charge is 2.03. The average molecular weight is 143 g/mol. The molecule has 2 heteroatoms. The molecule has 9 heavy (non-hydrogen) atoms. The van der Waals surface area contributed by atoms with Gasteiger partial charge in [-0.05, 0) is 13.1 Å². The van der Waals surface area contributed by atoms with Crippen LogP contribution in [-0.2, 0) is 4.43 Å². The Bertz CT molecular complexity index is 97.1. The molecule has 0 aliphatic rings. The molecule has 0 unspecified atom stereocenters. The first-order valence-electron chi connectivity index (χ1n) is 3.21. The molecule has 0 heterocycles. The molecule has 0 rings (SSSR count). The Labute approximate surface area is 59.5 Å². The Morgan fingerprint density at radius 2 is 1.89 bits per heavy atom. The third-order valence-electron chi connectivity index (χ3n) is 0.979. The SMILES string of the molecule is C=C(O[Si](C)C)C(C)C. The molecule has 0 atom stereocenters. The third kappa shape index (κ3) is 4.27. The topological polar surface area (TPSA) is 9.23 Å². The summed E-state index contributed by atoms with van der Waals surface area (Å²) in [6.45, 7) is 12.2. The molecule has 53 valence electrons. The fourth-order valence-electron chi connectivity index (χ4n) is 0.380. The molecule has 0 aliphatic heterocycles. The van der Waals surface area contributed by atoms with E-state index in [-0.39, 0.29) is 0 Å². The van der Waals surface area contributed by atoms with E-state index >= 15 is 0 Å². The maximum Gasteiger partial charge on any atom is 0.273 e. The Kier molecular flexibility index (Phi) is 3.62. The number of allylic oxidation sites excluding steroid dienone is 1. The van der Waals surface area contributed by atoms with Crippen LogP contribution in [0.3, 0.4) is 0 Å². The highest BCUT2D eigenvalue weighted by Crippen LogP contribution is 2.08. The van der Waals surface area contributed by atoms with Crippen LogP contribution in [0.25, 0.3) is 0 Å². The lowest BCUT2D eigenvalue weighted by molar-refractivity contribution is 0.381. The minimum atomic E-state index is -0.578. The van der Waals surface area contributed by atoms with Gasteiger partial charge in [0.25, 0.3) is 9.04 Å². The van der Waals surface area contributed by atoms with Gasteiger partial charge < -0.3 is 4.43 Å². The van der Waals surface area contributed by atoms with Crippen LogP contribution in [0.5, 0.6) is 0 Å². The quantitative estimate of drug-likeness (QED) is 0.435. The molecule has 0 aromatic heterocycles. The van der Waals surface area contributed by atoms with E-state index in [1.807, 2.05) is 0 Å². The van der Waals surface area contributed by atoms with Gasteiger partial charge in [-0.1, -0.05) is 20.4 Å². The Morgan fingerprint density at radius 3 is 2.00 bits per heavy atom. The van der Waals surface area contributed by atoms with Gasteiger partial charge in [0.05, 0.1) is 5.76 Å². The van der Waals surface area contributed by atoms with Gasteiger partial charge in [0, 0.05) is 5.92 Å². The fraction of sp³-hybridized carbons (Fsp3) is 0.714. The third-order valence-corrected chi connectivity index (χ3v) is 1.65. The van der Waals surface area contributed by atoms with Crippen molar-refractivity contribution in [2.24, 2.45) is 5.92 Å². The van der Waals surface area contributed by atoms with E-state index in [1.165, 1.54) is 0 Å². The van der Waals surface area contributed by atoms with Crippen molar-refractivity contribution in [3.63, 3.8) is 0 Å². The minimum Gasteiger partial charge on any atom is -0.546 e. The fourth-order valence-corrected chi connectivity index (χ4v) is 1.14. The first-order valence-corrected chi connectivity index (χ1v) is 5.61. The van der Waals surface area contributed by atoms with Gasteiger partial charge in [0.2, 0.25) is 0 Å². The van der Waals surface area contributed by atoms with E-state index in [2.05, 4.69) is 33.5 Å². The molecule has 0 aromatic rings. The van der Waals surface area contributed by atoms with Gasteiger partial charge in [0.15, 0.2) is 0 Å². The molecular weight excluding hydrogens is 128 g/mol. The number of hydrogen-bond acceptors (Lipinski definition) is 1. The molecule has 0 aliphatic carbocycles. The van der Waals surface area contributed by atoms with E-state index in [0.717, 1.165) is 5.76 Å². The summed E-state index contributed by atoms with van der Waals surface area (Å²) in [4.78, 5) is 0. The first-order chi connectivity index (χ1) is 4.04. The summed E-state index contributed by atoms with van der Waals surface area (Å²) >= 11 is 0. The maximum absolute atomic E-state index is 5.42. The predicted octanol–water partition coefficient (Wildman–Crippen LogP) is 2.42. The van der Waals surface area contributed by atoms with Crippen LogP contribution in [0.1, 0.15) is 13.8 Å². The molecule has 0 saturated heterocycles. The molecule has 0 spiro atoms. The molecule has 1 radical (unpaired) electrons. The van der Waals surface area contributed by atoms with Crippen LogP contribution in [-0.4, -0.2) is 9.04 Å². The molecule has 0 amide bonds. The molecule has 0 fully saturated rings. The predicted molar refractivity (Wildman–Crippen MR) is 42.5 cm³/mol. The molecule has 0 N–H and O–H groups in total. The van der Waals surface area contributed by atoms with Crippen LogP contribution in [0.4, 0.5) is 0 Å². The Balaban J connectivity index is 3.51. The van der Waals surface area contributed by atoms with Crippen molar-refractivity contribution < 1.29 is 4.43 Å². The summed E-state index contributed by atoms with van der Waals surface area (Å²) < 4.78 is 5.42. The zero-order chi connectivity index (χ0) is 7.44. The van der Waals surface area contributed by atoms with Gasteiger partial charge in [-0.3, -0.25) is 0 Å². The molecule has 0 aromatic carbocycles. The maximum atomic E-state index is 5.42. The van der Waals surface area contributed by atoms with E-state index < -0.39 is 9.04 Å². The highest BCUT2D eigenvalue weighted by atomic mass is 28.3. The molecule has 1 nitrogen and oxygen atoms in total. The first kappa shape index (κ1) is 8.76. The monoisotopic (exact) mass is 143 g/mol. The summed E-state index contributed by atoms with van der Waals surface area (Å²) in [5.41, 5.74) is 0. The van der Waals surface area contributed by atoms with Gasteiger partial charge in [0.1, 0.15) is 0 Å². The van der Waals surface area contributed by atoms with Crippen molar-refractivity contribution in [3.05, 3.63) is 12.3 Å². The van der Waals surface area contributed by atoms with Crippen LogP contribution in [0.15, 0.2) is 12.3 Å². The van der Waals surface area contributed by atoms with E-state index in [0.29, 0.717) is 5.92 Å². The molecular formula is C7H15OSi. The molecule has 0 bridgehead atoms. The summed E-state index contributed by atoms with van der Waals surface area (Å²) in [6.07, 6.45) is 0. The largest absolute Gasteiger partial charge is 0.546 e. The van der Waals surface area contributed by atoms with Gasteiger partial charge in [-0.25, -0.2) is 0 Å². The summed E-state index contributed by atoms with van der Waals surface area (Å²) in [6, 6.07) is 0. The van der Waals surface area contributed by atoms with Crippen LogP contribution >= 0.6 is 0 Å². The summed E-state index contributed by atoms with van der Waals surface area (Å²) in [5, 5.41) is 0. The minimum absolute atomic E-state index is 0.463. The van der Waals surface area contributed by atoms with Crippen molar-refractivity contribution in [1.29, 1.82) is 0 Å². The summed E-state index contributed by atoms with van der Waals surface area (Å²) in [7, 11) is -0.578. The zero-order valence-corrected chi connectivity index (χ0v) is 7.69. The van der Waals surface area contributed by atoms with Crippen LogP contribution in [0, 0.1) is 5.92 Å². The van der Waals surface area contributed by atoms with Crippen molar-refractivity contribution >= 4 is 9.04 Å². The van der Waals surface area contributed by atoms with Crippen LogP contribution in [0.2, 0.25) is 13.1 Å². The number of hydrogen-bond donors (Lipinski definition) is 0. The van der Waals surface area contributed by atoms with E-state index in [1.54, 1.807) is 0 Å². The lowest BCUT2D eigenvalue weighted by atomic mass is 10.2. The van der Waals surface area contributed by atoms with Crippen molar-refractivity contribution in [1.82, 2.24) is 0 Å². The van der Waals surface area contributed by atoms with E-state index in [9.17, 15) is 0 Å². The lowest BCUT2D eigenvalue weighted by Gasteiger charge is -2.13. The van der Waals surface area contributed by atoms with Gasteiger partial charge >= 0.3 is 0 Å². The van der Waals surface area contributed by atoms with Gasteiger partial charge in [-0.2, -0.15) is 0 Å². The zero-order valence-electron chi connectivity index (χ0n) is 6.69. The number of rotatable bonds is 3. The summed E-state index contributed by atoms with van der Waals surface area (Å²) in [5.74, 6) is 1.39. The second-order valence-corrected chi connectivity index (χ2v) is 4.65. The van der Waals surface area contributed by atoms with Crippen molar-refractivity contribution in [2.75, 3.05) is 0 Å².